The molecule has 1 aromatic rings. The third-order valence-corrected chi connectivity index (χ3v) is 3.52. The number of rotatable bonds is 4. The highest BCUT2D eigenvalue weighted by atomic mass is 35.5. The van der Waals surface area contributed by atoms with Crippen LogP contribution in [0.25, 0.3) is 0 Å². The molecule has 15 heavy (non-hydrogen) atoms. The van der Waals surface area contributed by atoms with Crippen LogP contribution in [-0.4, -0.2) is 25.2 Å². The molecule has 84 valence electrons. The van der Waals surface area contributed by atoms with Gasteiger partial charge in [-0.25, -0.2) is 8.42 Å². The normalized spacial score (nSPS) is 11.3. The summed E-state index contributed by atoms with van der Waals surface area (Å²) >= 11 is 5.35. The second-order valence-electron chi connectivity index (χ2n) is 3.11. The standard InChI is InChI=1S/C9H12ClNO3S/c1-7-6-8(2-3-9(7)12)11-15(13,14)5-4-10/h2-3,6,11-12H,4-5H2,1H3. The van der Waals surface area contributed by atoms with Gasteiger partial charge in [0, 0.05) is 11.6 Å². The van der Waals surface area contributed by atoms with Gasteiger partial charge in [-0.3, -0.25) is 4.72 Å². The Hall–Kier alpha value is -0.940. The zero-order chi connectivity index (χ0) is 11.5. The molecule has 0 heterocycles. The maximum absolute atomic E-state index is 11.3. The maximum Gasteiger partial charge on any atom is 0.233 e. The maximum atomic E-state index is 11.3. The largest absolute Gasteiger partial charge is 0.508 e. The van der Waals surface area contributed by atoms with Crippen LogP contribution in [0.3, 0.4) is 0 Å². The van der Waals surface area contributed by atoms with E-state index < -0.39 is 10.0 Å². The van der Waals surface area contributed by atoms with Gasteiger partial charge in [-0.15, -0.1) is 11.6 Å². The Labute approximate surface area is 93.9 Å². The van der Waals surface area contributed by atoms with Gasteiger partial charge in [0.2, 0.25) is 10.0 Å². The van der Waals surface area contributed by atoms with Crippen molar-refractivity contribution in [2.45, 2.75) is 6.92 Å². The molecule has 0 aliphatic carbocycles. The highest BCUT2D eigenvalue weighted by Gasteiger charge is 2.09. The summed E-state index contributed by atoms with van der Waals surface area (Å²) < 4.78 is 25.0. The van der Waals surface area contributed by atoms with Crippen molar-refractivity contribution in [3.8, 4) is 5.75 Å². The molecule has 0 aliphatic rings. The average molecular weight is 250 g/mol. The molecule has 1 aromatic carbocycles. The Kier molecular flexibility index (Phi) is 3.82. The monoisotopic (exact) mass is 249 g/mol. The Balaban J connectivity index is 2.86. The predicted octanol–water partition coefficient (Wildman–Crippen LogP) is 1.68. The van der Waals surface area contributed by atoms with Crippen molar-refractivity contribution in [1.82, 2.24) is 0 Å². The molecule has 0 atom stereocenters. The molecule has 0 unspecified atom stereocenters. The number of phenols is 1. The van der Waals surface area contributed by atoms with Gasteiger partial charge in [0.05, 0.1) is 5.75 Å². The van der Waals surface area contributed by atoms with E-state index >= 15 is 0 Å². The number of sulfonamides is 1. The molecule has 0 amide bonds. The first-order valence-electron chi connectivity index (χ1n) is 4.31. The van der Waals surface area contributed by atoms with E-state index in [-0.39, 0.29) is 17.4 Å². The molecule has 0 aliphatic heterocycles. The quantitative estimate of drug-likeness (QED) is 0.630. The third-order valence-electron chi connectivity index (χ3n) is 1.82. The summed E-state index contributed by atoms with van der Waals surface area (Å²) in [6.07, 6.45) is 0. The molecule has 4 nitrogen and oxygen atoms in total. The number of aryl methyl sites for hydroxylation is 1. The summed E-state index contributed by atoms with van der Waals surface area (Å²) in [5.74, 6) is 0.0521. The van der Waals surface area contributed by atoms with Gasteiger partial charge in [-0.1, -0.05) is 0 Å². The van der Waals surface area contributed by atoms with E-state index in [9.17, 15) is 13.5 Å². The number of halogens is 1. The molecule has 0 saturated carbocycles. The van der Waals surface area contributed by atoms with Gasteiger partial charge in [-0.05, 0) is 30.7 Å². The van der Waals surface area contributed by atoms with Crippen LogP contribution in [0.1, 0.15) is 5.56 Å². The van der Waals surface area contributed by atoms with Gasteiger partial charge in [0.1, 0.15) is 5.75 Å². The lowest BCUT2D eigenvalue weighted by molar-refractivity contribution is 0.471. The Morgan fingerprint density at radius 1 is 1.47 bits per heavy atom. The molecule has 0 radical (unpaired) electrons. The fourth-order valence-electron chi connectivity index (χ4n) is 1.05. The first-order chi connectivity index (χ1) is 6.94. The number of phenolic OH excluding ortho intramolecular Hbond substituents is 1. The molecule has 0 saturated heterocycles. The van der Waals surface area contributed by atoms with E-state index in [1.165, 1.54) is 12.1 Å². The lowest BCUT2D eigenvalue weighted by Crippen LogP contribution is -2.17. The second kappa shape index (κ2) is 4.72. The Morgan fingerprint density at radius 2 is 2.13 bits per heavy atom. The van der Waals surface area contributed by atoms with Crippen molar-refractivity contribution in [3.05, 3.63) is 23.8 Å². The van der Waals surface area contributed by atoms with E-state index in [1.54, 1.807) is 13.0 Å². The highest BCUT2D eigenvalue weighted by Crippen LogP contribution is 2.20. The summed E-state index contributed by atoms with van der Waals surface area (Å²) in [5.41, 5.74) is 1.04. The summed E-state index contributed by atoms with van der Waals surface area (Å²) in [4.78, 5) is 0. The van der Waals surface area contributed by atoms with E-state index in [2.05, 4.69) is 4.72 Å². The minimum Gasteiger partial charge on any atom is -0.508 e. The van der Waals surface area contributed by atoms with Crippen LogP contribution >= 0.6 is 11.6 Å². The smallest absolute Gasteiger partial charge is 0.233 e. The summed E-state index contributed by atoms with van der Waals surface area (Å²) in [7, 11) is -3.38. The molecule has 0 fully saturated rings. The number of hydrogen-bond acceptors (Lipinski definition) is 3. The number of alkyl halides is 1. The number of nitrogens with one attached hydrogen (secondary N) is 1. The fraction of sp³-hybridized carbons (Fsp3) is 0.333. The SMILES string of the molecule is Cc1cc(NS(=O)(=O)CCCl)ccc1O. The molecule has 0 aromatic heterocycles. The number of hydrogen-bond donors (Lipinski definition) is 2. The van der Waals surface area contributed by atoms with E-state index in [0.717, 1.165) is 0 Å². The zero-order valence-corrected chi connectivity index (χ0v) is 9.77. The number of benzene rings is 1. The molecule has 0 bridgehead atoms. The molecule has 1 rings (SSSR count). The summed E-state index contributed by atoms with van der Waals surface area (Å²) in [6, 6.07) is 4.49. The fourth-order valence-corrected chi connectivity index (χ4v) is 2.45. The minimum atomic E-state index is -3.38. The van der Waals surface area contributed by atoms with Crippen molar-refractivity contribution >= 4 is 27.3 Å². The van der Waals surface area contributed by atoms with Crippen molar-refractivity contribution in [2.75, 3.05) is 16.4 Å². The van der Waals surface area contributed by atoms with Gasteiger partial charge >= 0.3 is 0 Å². The molecule has 0 spiro atoms. The number of anilines is 1. The van der Waals surface area contributed by atoms with Crippen molar-refractivity contribution in [3.63, 3.8) is 0 Å². The topological polar surface area (TPSA) is 66.4 Å². The van der Waals surface area contributed by atoms with Gasteiger partial charge in [0.15, 0.2) is 0 Å². The van der Waals surface area contributed by atoms with Gasteiger partial charge < -0.3 is 5.11 Å². The van der Waals surface area contributed by atoms with Crippen LogP contribution in [0, 0.1) is 6.92 Å². The lowest BCUT2D eigenvalue weighted by Gasteiger charge is -2.07. The zero-order valence-electron chi connectivity index (χ0n) is 8.20. The van der Waals surface area contributed by atoms with Crippen molar-refractivity contribution < 1.29 is 13.5 Å². The summed E-state index contributed by atoms with van der Waals surface area (Å²) in [6.45, 7) is 1.69. The van der Waals surface area contributed by atoms with Crippen LogP contribution < -0.4 is 4.72 Å². The average Bonchev–Trinajstić information content (AvgIpc) is 2.10. The molecular formula is C9H12ClNO3S. The van der Waals surface area contributed by atoms with Crippen LogP contribution in [-0.2, 0) is 10.0 Å². The predicted molar refractivity (Wildman–Crippen MR) is 61.0 cm³/mol. The van der Waals surface area contributed by atoms with Crippen LogP contribution in [0.2, 0.25) is 0 Å². The second-order valence-corrected chi connectivity index (χ2v) is 5.33. The summed E-state index contributed by atoms with van der Waals surface area (Å²) in [5, 5.41) is 9.25. The van der Waals surface area contributed by atoms with Gasteiger partial charge in [0.25, 0.3) is 0 Å². The highest BCUT2D eigenvalue weighted by molar-refractivity contribution is 7.92. The molecule has 6 heteroatoms. The van der Waals surface area contributed by atoms with Crippen LogP contribution in [0.4, 0.5) is 5.69 Å². The van der Waals surface area contributed by atoms with Crippen LogP contribution in [0.15, 0.2) is 18.2 Å². The first kappa shape index (κ1) is 12.1. The van der Waals surface area contributed by atoms with E-state index in [1.807, 2.05) is 0 Å². The number of aromatic hydroxyl groups is 1. The van der Waals surface area contributed by atoms with Crippen molar-refractivity contribution in [1.29, 1.82) is 0 Å². The van der Waals surface area contributed by atoms with Gasteiger partial charge in [-0.2, -0.15) is 0 Å². The van der Waals surface area contributed by atoms with E-state index in [0.29, 0.717) is 11.3 Å². The Morgan fingerprint density at radius 3 is 2.67 bits per heavy atom. The van der Waals surface area contributed by atoms with Crippen molar-refractivity contribution in [2.24, 2.45) is 0 Å². The lowest BCUT2D eigenvalue weighted by atomic mass is 10.2. The molecular weight excluding hydrogens is 238 g/mol. The third kappa shape index (κ3) is 3.60. The first-order valence-corrected chi connectivity index (χ1v) is 6.49. The minimum absolute atomic E-state index is 0.0480. The Bertz CT molecular complexity index is 445. The van der Waals surface area contributed by atoms with E-state index in [4.69, 9.17) is 11.6 Å². The van der Waals surface area contributed by atoms with Crippen LogP contribution in [0.5, 0.6) is 5.75 Å². The molecule has 2 N–H and O–H groups in total.